The van der Waals surface area contributed by atoms with Gasteiger partial charge in [0.2, 0.25) is 0 Å². The predicted molar refractivity (Wildman–Crippen MR) is 60.2 cm³/mol. The van der Waals surface area contributed by atoms with Gasteiger partial charge in [0, 0.05) is 13.1 Å². The van der Waals surface area contributed by atoms with Crippen LogP contribution < -0.4 is 0 Å². The maximum atomic E-state index is 2.57. The van der Waals surface area contributed by atoms with Crippen molar-refractivity contribution in [2.75, 3.05) is 39.8 Å². The maximum absolute atomic E-state index is 2.57. The molecule has 1 rings (SSSR count). The Bertz CT molecular complexity index is 104. The minimum atomic E-state index is 1.25. The molecule has 0 aromatic heterocycles. The smallest absolute Gasteiger partial charge is 0.0109 e. The van der Waals surface area contributed by atoms with Crippen molar-refractivity contribution in [2.45, 2.75) is 33.6 Å². The highest BCUT2D eigenvalue weighted by atomic mass is 15.2. The zero-order valence-corrected chi connectivity index (χ0v) is 9.84. The van der Waals surface area contributed by atoms with Crippen LogP contribution >= 0.6 is 0 Å². The summed E-state index contributed by atoms with van der Waals surface area (Å²) in [7, 11) is 2.22. The van der Waals surface area contributed by atoms with E-state index in [0.717, 1.165) is 0 Å². The van der Waals surface area contributed by atoms with Crippen LogP contribution in [0, 0.1) is 0 Å². The number of likely N-dealkylation sites (N-methyl/N-ethyl adjacent to an activating group) is 1. The summed E-state index contributed by atoms with van der Waals surface area (Å²) in [6.45, 7) is 12.6. The average molecular weight is 186 g/mol. The molecule has 2 nitrogen and oxygen atoms in total. The molecule has 0 spiro atoms. The molecule has 0 aromatic carbocycles. The quantitative estimate of drug-likeness (QED) is 0.651. The highest BCUT2D eigenvalue weighted by molar-refractivity contribution is 4.66. The van der Waals surface area contributed by atoms with Crippen LogP contribution in [0.5, 0.6) is 0 Å². The summed E-state index contributed by atoms with van der Waals surface area (Å²) >= 11 is 0. The van der Waals surface area contributed by atoms with E-state index in [1.54, 1.807) is 0 Å². The topological polar surface area (TPSA) is 6.48 Å². The van der Waals surface area contributed by atoms with Gasteiger partial charge in [-0.3, -0.25) is 0 Å². The zero-order valence-electron chi connectivity index (χ0n) is 9.84. The summed E-state index contributed by atoms with van der Waals surface area (Å²) in [6, 6.07) is 0. The minimum Gasteiger partial charge on any atom is -0.305 e. The van der Waals surface area contributed by atoms with Crippen LogP contribution in [0.25, 0.3) is 0 Å². The van der Waals surface area contributed by atoms with Crippen molar-refractivity contribution in [3.8, 4) is 0 Å². The van der Waals surface area contributed by atoms with Crippen molar-refractivity contribution < 1.29 is 0 Å². The Morgan fingerprint density at radius 2 is 1.69 bits per heavy atom. The van der Waals surface area contributed by atoms with Crippen LogP contribution in [-0.2, 0) is 0 Å². The van der Waals surface area contributed by atoms with Crippen LogP contribution in [0.3, 0.4) is 0 Å². The van der Waals surface area contributed by atoms with Gasteiger partial charge < -0.3 is 9.80 Å². The summed E-state index contributed by atoms with van der Waals surface area (Å²) in [5.41, 5.74) is 0. The monoisotopic (exact) mass is 186 g/mol. The molecule has 1 aliphatic rings. The van der Waals surface area contributed by atoms with Crippen molar-refractivity contribution in [1.29, 1.82) is 0 Å². The van der Waals surface area contributed by atoms with Crippen molar-refractivity contribution in [2.24, 2.45) is 0 Å². The van der Waals surface area contributed by atoms with Gasteiger partial charge in [-0.25, -0.2) is 0 Å². The van der Waals surface area contributed by atoms with Gasteiger partial charge >= 0.3 is 0 Å². The summed E-state index contributed by atoms with van der Waals surface area (Å²) in [4.78, 5) is 5.00. The van der Waals surface area contributed by atoms with Crippen LogP contribution in [0.1, 0.15) is 33.6 Å². The highest BCUT2D eigenvalue weighted by Crippen LogP contribution is 2.00. The van der Waals surface area contributed by atoms with Gasteiger partial charge in [0.25, 0.3) is 0 Å². The van der Waals surface area contributed by atoms with Gasteiger partial charge in [-0.05, 0) is 39.5 Å². The number of hydrogen-bond acceptors (Lipinski definition) is 2. The Kier molecular flexibility index (Phi) is 8.46. The third-order valence-electron chi connectivity index (χ3n) is 2.35. The number of hydrogen-bond donors (Lipinski definition) is 0. The normalized spacial score (nSPS) is 20.3. The Balaban J connectivity index is 0.000000671. The second-order valence-electron chi connectivity index (χ2n) is 3.50. The van der Waals surface area contributed by atoms with Crippen molar-refractivity contribution >= 4 is 0 Å². The first-order valence-corrected chi connectivity index (χ1v) is 5.74. The summed E-state index contributed by atoms with van der Waals surface area (Å²) < 4.78 is 0. The average Bonchev–Trinajstić information content (AvgIpc) is 2.36. The highest BCUT2D eigenvalue weighted by Gasteiger charge is 2.09. The van der Waals surface area contributed by atoms with Gasteiger partial charge in [-0.1, -0.05) is 20.8 Å². The first kappa shape index (κ1) is 12.9. The summed E-state index contributed by atoms with van der Waals surface area (Å²) in [5, 5.41) is 0. The van der Waals surface area contributed by atoms with E-state index >= 15 is 0 Å². The van der Waals surface area contributed by atoms with E-state index in [-0.39, 0.29) is 0 Å². The fraction of sp³-hybridized carbons (Fsp3) is 1.00. The van der Waals surface area contributed by atoms with Gasteiger partial charge in [-0.15, -0.1) is 0 Å². The molecule has 2 heteroatoms. The SMILES string of the molecule is CC.CCCN1CCCN(C)CC1. The molecule has 1 aliphatic heterocycles. The second kappa shape index (κ2) is 8.52. The maximum Gasteiger partial charge on any atom is 0.0109 e. The van der Waals surface area contributed by atoms with E-state index in [9.17, 15) is 0 Å². The van der Waals surface area contributed by atoms with Crippen molar-refractivity contribution in [1.82, 2.24) is 9.80 Å². The fourth-order valence-electron chi connectivity index (χ4n) is 1.64. The Morgan fingerprint density at radius 3 is 2.31 bits per heavy atom. The largest absolute Gasteiger partial charge is 0.305 e. The molecule has 0 unspecified atom stereocenters. The molecular weight excluding hydrogens is 160 g/mol. The van der Waals surface area contributed by atoms with Crippen molar-refractivity contribution in [3.63, 3.8) is 0 Å². The molecule has 0 radical (unpaired) electrons. The summed E-state index contributed by atoms with van der Waals surface area (Å²) in [5.74, 6) is 0. The Morgan fingerprint density at radius 1 is 1.00 bits per heavy atom. The molecule has 0 amide bonds. The lowest BCUT2D eigenvalue weighted by Crippen LogP contribution is -2.29. The van der Waals surface area contributed by atoms with E-state index in [1.807, 2.05) is 13.8 Å². The molecule has 0 aliphatic carbocycles. The molecule has 1 saturated heterocycles. The van der Waals surface area contributed by atoms with Gasteiger partial charge in [0.1, 0.15) is 0 Å². The van der Waals surface area contributed by atoms with E-state index in [2.05, 4.69) is 23.8 Å². The lowest BCUT2D eigenvalue weighted by atomic mass is 10.3. The fourth-order valence-corrected chi connectivity index (χ4v) is 1.64. The predicted octanol–water partition coefficient (Wildman–Crippen LogP) is 2.06. The number of nitrogens with zero attached hydrogens (tertiary/aromatic N) is 2. The lowest BCUT2D eigenvalue weighted by Gasteiger charge is -2.18. The van der Waals surface area contributed by atoms with E-state index < -0.39 is 0 Å². The van der Waals surface area contributed by atoms with E-state index in [0.29, 0.717) is 0 Å². The minimum absolute atomic E-state index is 1.25. The molecule has 0 aromatic rings. The van der Waals surface area contributed by atoms with Crippen LogP contribution in [0.2, 0.25) is 0 Å². The number of rotatable bonds is 2. The molecule has 80 valence electrons. The molecule has 13 heavy (non-hydrogen) atoms. The molecule has 1 heterocycles. The molecule has 0 bridgehead atoms. The molecule has 0 saturated carbocycles. The first-order chi connectivity index (χ1) is 6.33. The third kappa shape index (κ3) is 6.05. The van der Waals surface area contributed by atoms with Crippen LogP contribution in [-0.4, -0.2) is 49.6 Å². The van der Waals surface area contributed by atoms with Gasteiger partial charge in [0.05, 0.1) is 0 Å². The van der Waals surface area contributed by atoms with Gasteiger partial charge in [-0.2, -0.15) is 0 Å². The van der Waals surface area contributed by atoms with Crippen molar-refractivity contribution in [3.05, 3.63) is 0 Å². The molecule has 0 N–H and O–H groups in total. The summed E-state index contributed by atoms with van der Waals surface area (Å²) in [6.07, 6.45) is 2.64. The lowest BCUT2D eigenvalue weighted by molar-refractivity contribution is 0.277. The second-order valence-corrected chi connectivity index (χ2v) is 3.50. The Labute approximate surface area is 83.9 Å². The Hall–Kier alpha value is -0.0800. The molecule has 0 atom stereocenters. The van der Waals surface area contributed by atoms with Crippen LogP contribution in [0.4, 0.5) is 0 Å². The molecule has 1 fully saturated rings. The standard InChI is InChI=1S/C9H20N2.C2H6/c1-3-5-11-7-4-6-10(2)8-9-11;1-2/h3-9H2,1-2H3;1-2H3. The molecular formula is C11H26N2. The first-order valence-electron chi connectivity index (χ1n) is 5.74. The third-order valence-corrected chi connectivity index (χ3v) is 2.35. The zero-order chi connectivity index (χ0) is 10.1. The van der Waals surface area contributed by atoms with E-state index in [1.165, 1.54) is 45.6 Å². The van der Waals surface area contributed by atoms with E-state index in [4.69, 9.17) is 0 Å². The van der Waals surface area contributed by atoms with Gasteiger partial charge in [0.15, 0.2) is 0 Å². The van der Waals surface area contributed by atoms with Crippen LogP contribution in [0.15, 0.2) is 0 Å².